The minimum atomic E-state index is -1.29. The maximum atomic E-state index is 15.4. The summed E-state index contributed by atoms with van der Waals surface area (Å²) in [6, 6.07) is 15.1. The maximum Gasteiger partial charge on any atom is 0.308 e. The molecule has 5 heterocycles. The minimum absolute atomic E-state index is 0.0603. The van der Waals surface area contributed by atoms with Gasteiger partial charge >= 0.3 is 5.97 Å². The highest BCUT2D eigenvalue weighted by atomic mass is 19.1. The molecule has 216 valence electrons. The molecule has 0 spiro atoms. The van der Waals surface area contributed by atoms with Crippen molar-refractivity contribution in [3.05, 3.63) is 77.2 Å². The van der Waals surface area contributed by atoms with Gasteiger partial charge in [-0.2, -0.15) is 9.61 Å². The lowest BCUT2D eigenvalue weighted by molar-refractivity contribution is -0.140. The van der Waals surface area contributed by atoms with Crippen molar-refractivity contribution in [2.75, 3.05) is 42.5 Å². The number of hydrogen-bond acceptors (Lipinski definition) is 6. The number of hydrogen-bond donors (Lipinski definition) is 1. The van der Waals surface area contributed by atoms with E-state index in [1.807, 2.05) is 24.0 Å². The Hall–Kier alpha value is -4.54. The Balaban J connectivity index is 1.23. The van der Waals surface area contributed by atoms with E-state index in [1.165, 1.54) is 11.0 Å². The number of carbonyl (C=O) groups excluding carboxylic acids is 1. The predicted molar refractivity (Wildman–Crippen MR) is 153 cm³/mol. The number of aromatic nitrogens is 3. The zero-order valence-electron chi connectivity index (χ0n) is 23.1. The third-order valence-corrected chi connectivity index (χ3v) is 8.81. The number of carbonyl (C=O) groups is 2. The van der Waals surface area contributed by atoms with Crippen LogP contribution in [0.15, 0.2) is 54.6 Å². The van der Waals surface area contributed by atoms with E-state index in [4.69, 9.17) is 0 Å². The molecule has 1 N–H and O–H groups in total. The summed E-state index contributed by atoms with van der Waals surface area (Å²) in [6.07, 6.45) is 0.231. The van der Waals surface area contributed by atoms with Crippen molar-refractivity contribution in [3.8, 4) is 11.3 Å². The number of anilines is 2. The van der Waals surface area contributed by atoms with Crippen LogP contribution in [-0.2, 0) is 4.79 Å². The SMILES string of the molecule is C[C@@H]1c2ccccc2[C@@H](F)CN1C(=O)c1cc(N2CCC2)n2nc(-c3ccc(N4CC[C@H](C(=O)O)C4)cc3F)cc2n1. The second kappa shape index (κ2) is 10.1. The first kappa shape index (κ1) is 26.4. The first-order chi connectivity index (χ1) is 20.3. The third-order valence-electron chi connectivity index (χ3n) is 8.81. The molecule has 3 aliphatic heterocycles. The molecule has 0 bridgehead atoms. The van der Waals surface area contributed by atoms with E-state index < -0.39 is 23.9 Å². The van der Waals surface area contributed by atoms with Crippen LogP contribution >= 0.6 is 0 Å². The quantitative estimate of drug-likeness (QED) is 0.364. The standard InChI is InChI=1S/C31H30F2N6O3/c1-18-21-5-2-3-6-22(21)25(33)17-38(18)30(40)27-15-29(36-10-4-11-36)39-28(34-27)14-26(35-39)23-8-7-20(13-24(23)32)37-12-9-19(16-37)31(41)42/h2-3,5-8,13-15,18-19,25H,4,9-12,16-17H2,1H3,(H,41,42)/t18-,19+,25+/m1/s1. The van der Waals surface area contributed by atoms with Crippen molar-refractivity contribution in [1.82, 2.24) is 19.5 Å². The normalized spacial score (nSPS) is 21.9. The molecular weight excluding hydrogens is 542 g/mol. The smallest absolute Gasteiger partial charge is 0.308 e. The average Bonchev–Trinajstić information content (AvgIpc) is 3.62. The number of halogens is 2. The Labute approximate surface area is 241 Å². The van der Waals surface area contributed by atoms with Crippen molar-refractivity contribution in [2.24, 2.45) is 5.92 Å². The van der Waals surface area contributed by atoms with Crippen LogP contribution in [-0.4, -0.2) is 69.2 Å². The molecule has 0 aliphatic carbocycles. The van der Waals surface area contributed by atoms with E-state index in [0.717, 1.165) is 25.1 Å². The minimum Gasteiger partial charge on any atom is -0.481 e. The van der Waals surface area contributed by atoms with Gasteiger partial charge in [0.1, 0.15) is 23.5 Å². The van der Waals surface area contributed by atoms with E-state index in [9.17, 15) is 14.7 Å². The highest BCUT2D eigenvalue weighted by molar-refractivity contribution is 5.94. The van der Waals surface area contributed by atoms with Crippen LogP contribution < -0.4 is 9.80 Å². The highest BCUT2D eigenvalue weighted by Crippen LogP contribution is 2.38. The Bertz CT molecular complexity index is 1720. The average molecular weight is 573 g/mol. The topological polar surface area (TPSA) is 94.3 Å². The largest absolute Gasteiger partial charge is 0.481 e. The molecular formula is C31H30F2N6O3. The molecule has 0 radical (unpaired) electrons. The lowest BCUT2D eigenvalue weighted by Gasteiger charge is -2.37. The van der Waals surface area contributed by atoms with Crippen LogP contribution in [0.4, 0.5) is 20.3 Å². The zero-order chi connectivity index (χ0) is 29.1. The monoisotopic (exact) mass is 572 g/mol. The van der Waals surface area contributed by atoms with Gasteiger partial charge in [-0.3, -0.25) is 9.59 Å². The van der Waals surface area contributed by atoms with Crippen LogP contribution in [0.5, 0.6) is 0 Å². The molecule has 3 aliphatic rings. The fourth-order valence-corrected chi connectivity index (χ4v) is 6.25. The molecule has 2 aromatic carbocycles. The number of alkyl halides is 1. The Morgan fingerprint density at radius 1 is 0.976 bits per heavy atom. The van der Waals surface area contributed by atoms with Gasteiger partial charge in [0.05, 0.1) is 24.2 Å². The number of carboxylic acid groups (broad SMARTS) is 1. The van der Waals surface area contributed by atoms with Gasteiger partial charge in [-0.25, -0.2) is 13.8 Å². The fourth-order valence-electron chi connectivity index (χ4n) is 6.25. The number of rotatable bonds is 5. The van der Waals surface area contributed by atoms with E-state index in [-0.39, 0.29) is 29.8 Å². The molecule has 9 nitrogen and oxygen atoms in total. The Morgan fingerprint density at radius 3 is 2.45 bits per heavy atom. The molecule has 0 unspecified atom stereocenters. The van der Waals surface area contributed by atoms with Crippen molar-refractivity contribution >= 4 is 29.0 Å². The first-order valence-electron chi connectivity index (χ1n) is 14.3. The van der Waals surface area contributed by atoms with E-state index >= 15 is 8.78 Å². The predicted octanol–water partition coefficient (Wildman–Crippen LogP) is 4.88. The molecule has 42 heavy (non-hydrogen) atoms. The van der Waals surface area contributed by atoms with Crippen LogP contribution in [0.25, 0.3) is 16.9 Å². The number of aliphatic carboxylic acids is 1. The second-order valence-corrected chi connectivity index (χ2v) is 11.3. The van der Waals surface area contributed by atoms with E-state index in [0.29, 0.717) is 47.9 Å². The lowest BCUT2D eigenvalue weighted by Crippen LogP contribution is -2.41. The van der Waals surface area contributed by atoms with Gasteiger partial charge in [-0.05, 0) is 49.1 Å². The van der Waals surface area contributed by atoms with Gasteiger partial charge in [0.15, 0.2) is 5.65 Å². The van der Waals surface area contributed by atoms with Gasteiger partial charge in [-0.1, -0.05) is 24.3 Å². The fraction of sp³-hybridized carbons (Fsp3) is 0.355. The summed E-state index contributed by atoms with van der Waals surface area (Å²) >= 11 is 0. The summed E-state index contributed by atoms with van der Waals surface area (Å²) in [6.45, 7) is 4.30. The van der Waals surface area contributed by atoms with E-state index in [1.54, 1.807) is 40.9 Å². The van der Waals surface area contributed by atoms with Crippen LogP contribution in [0.1, 0.15) is 53.6 Å². The van der Waals surface area contributed by atoms with Gasteiger partial charge in [-0.15, -0.1) is 0 Å². The van der Waals surface area contributed by atoms with E-state index in [2.05, 4.69) is 15.0 Å². The molecule has 11 heteroatoms. The second-order valence-electron chi connectivity index (χ2n) is 11.3. The molecule has 4 aromatic rings. The molecule has 7 rings (SSSR count). The van der Waals surface area contributed by atoms with Crippen LogP contribution in [0, 0.1) is 11.7 Å². The third kappa shape index (κ3) is 4.34. The molecule has 2 saturated heterocycles. The summed E-state index contributed by atoms with van der Waals surface area (Å²) in [4.78, 5) is 35.2. The molecule has 3 atom stereocenters. The van der Waals surface area contributed by atoms with Crippen molar-refractivity contribution in [1.29, 1.82) is 0 Å². The van der Waals surface area contributed by atoms with Crippen molar-refractivity contribution in [3.63, 3.8) is 0 Å². The number of nitrogens with zero attached hydrogens (tertiary/aromatic N) is 6. The Morgan fingerprint density at radius 2 is 1.76 bits per heavy atom. The number of amides is 1. The number of carboxylic acids is 1. The maximum absolute atomic E-state index is 15.4. The van der Waals surface area contributed by atoms with Gasteiger partial charge in [0, 0.05) is 49.6 Å². The lowest BCUT2D eigenvalue weighted by atomic mass is 9.92. The van der Waals surface area contributed by atoms with Crippen molar-refractivity contribution < 1.29 is 23.5 Å². The summed E-state index contributed by atoms with van der Waals surface area (Å²) < 4.78 is 32.2. The molecule has 2 aromatic heterocycles. The molecule has 1 amide bonds. The number of benzene rings is 2. The van der Waals surface area contributed by atoms with Crippen LogP contribution in [0.2, 0.25) is 0 Å². The number of fused-ring (bicyclic) bond motifs is 2. The molecule has 2 fully saturated rings. The first-order valence-corrected chi connectivity index (χ1v) is 14.3. The highest BCUT2D eigenvalue weighted by Gasteiger charge is 2.35. The summed E-state index contributed by atoms with van der Waals surface area (Å²) in [5.74, 6) is -1.48. The Kier molecular flexibility index (Phi) is 6.32. The van der Waals surface area contributed by atoms with Crippen LogP contribution in [0.3, 0.4) is 0 Å². The van der Waals surface area contributed by atoms with Gasteiger partial charge in [0.2, 0.25) is 0 Å². The van der Waals surface area contributed by atoms with Crippen molar-refractivity contribution in [2.45, 2.75) is 32.0 Å². The molecule has 0 saturated carbocycles. The summed E-state index contributed by atoms with van der Waals surface area (Å²) in [5, 5.41) is 14.0. The summed E-state index contributed by atoms with van der Waals surface area (Å²) in [5.41, 5.74) is 3.25. The summed E-state index contributed by atoms with van der Waals surface area (Å²) in [7, 11) is 0. The van der Waals surface area contributed by atoms with Gasteiger partial charge < -0.3 is 19.8 Å². The van der Waals surface area contributed by atoms with Gasteiger partial charge in [0.25, 0.3) is 5.91 Å². The zero-order valence-corrected chi connectivity index (χ0v) is 23.1.